The van der Waals surface area contributed by atoms with Crippen LogP contribution in [0.4, 0.5) is 11.4 Å². The van der Waals surface area contributed by atoms with Crippen molar-refractivity contribution in [3.63, 3.8) is 0 Å². The van der Waals surface area contributed by atoms with E-state index < -0.39 is 14.8 Å². The number of anilines is 1. The highest BCUT2D eigenvalue weighted by molar-refractivity contribution is 7.90. The Balaban J connectivity index is 2.33. The van der Waals surface area contributed by atoms with Crippen molar-refractivity contribution in [2.75, 3.05) is 18.1 Å². The number of nitro benzene ring substituents is 1. The van der Waals surface area contributed by atoms with E-state index in [1.807, 2.05) is 0 Å². The lowest BCUT2D eigenvalue weighted by Gasteiger charge is -2.28. The zero-order chi connectivity index (χ0) is 16.4. The highest BCUT2D eigenvalue weighted by Crippen LogP contribution is 2.42. The Morgan fingerprint density at radius 1 is 1.32 bits per heavy atom. The highest BCUT2D eigenvalue weighted by atomic mass is 32.2. The Morgan fingerprint density at radius 2 is 1.95 bits per heavy atom. The average Bonchev–Trinajstić information content (AvgIpc) is 2.93. The summed E-state index contributed by atoms with van der Waals surface area (Å²) in [5, 5.41) is 14.5. The number of sulfone groups is 1. The average molecular weight is 326 g/mol. The van der Waals surface area contributed by atoms with E-state index in [0.717, 1.165) is 25.5 Å². The third-order valence-corrected chi connectivity index (χ3v) is 5.78. The summed E-state index contributed by atoms with van der Waals surface area (Å²) in [5.74, 6) is 0. The second kappa shape index (κ2) is 6.24. The van der Waals surface area contributed by atoms with E-state index in [9.17, 15) is 18.5 Å². The maximum absolute atomic E-state index is 11.8. The predicted octanol–water partition coefficient (Wildman–Crippen LogP) is 3.38. The lowest BCUT2D eigenvalue weighted by molar-refractivity contribution is -0.386. The molecule has 0 heterocycles. The Hall–Kier alpha value is -1.63. The summed E-state index contributed by atoms with van der Waals surface area (Å²) in [4.78, 5) is 10.5. The molecule has 0 atom stereocenters. The van der Waals surface area contributed by atoms with Crippen molar-refractivity contribution < 1.29 is 13.3 Å². The fraction of sp³-hybridized carbons (Fsp3) is 0.600. The van der Waals surface area contributed by atoms with Crippen molar-refractivity contribution in [2.24, 2.45) is 5.41 Å². The molecule has 0 saturated heterocycles. The lowest BCUT2D eigenvalue weighted by Crippen LogP contribution is -2.26. The van der Waals surface area contributed by atoms with Gasteiger partial charge in [0.1, 0.15) is 10.6 Å². The number of nitrogens with zero attached hydrogens (tertiary/aromatic N) is 1. The monoisotopic (exact) mass is 326 g/mol. The van der Waals surface area contributed by atoms with Crippen LogP contribution in [0.3, 0.4) is 0 Å². The lowest BCUT2D eigenvalue weighted by atomic mass is 9.83. The smallest absolute Gasteiger partial charge is 0.310 e. The zero-order valence-electron chi connectivity index (χ0n) is 13.0. The topological polar surface area (TPSA) is 89.3 Å². The van der Waals surface area contributed by atoms with Crippen molar-refractivity contribution in [3.05, 3.63) is 28.3 Å². The first-order valence-corrected chi connectivity index (χ1v) is 9.39. The summed E-state index contributed by atoms with van der Waals surface area (Å²) in [6, 6.07) is 4.40. The van der Waals surface area contributed by atoms with Crippen LogP contribution < -0.4 is 5.32 Å². The number of hydrogen-bond acceptors (Lipinski definition) is 5. The van der Waals surface area contributed by atoms with Gasteiger partial charge in [-0.3, -0.25) is 10.1 Å². The molecule has 0 aliphatic heterocycles. The molecule has 0 unspecified atom stereocenters. The van der Waals surface area contributed by atoms with Crippen molar-refractivity contribution in [1.29, 1.82) is 0 Å². The van der Waals surface area contributed by atoms with Crippen LogP contribution in [0, 0.1) is 15.5 Å². The first-order valence-electron chi connectivity index (χ1n) is 7.50. The molecule has 0 spiro atoms. The maximum atomic E-state index is 11.8. The van der Waals surface area contributed by atoms with Crippen molar-refractivity contribution in [1.82, 2.24) is 0 Å². The largest absolute Gasteiger partial charge is 0.379 e. The second-order valence-electron chi connectivity index (χ2n) is 6.10. The van der Waals surface area contributed by atoms with E-state index in [1.165, 1.54) is 18.9 Å². The summed E-state index contributed by atoms with van der Waals surface area (Å²) in [6.07, 6.45) is 6.58. The van der Waals surface area contributed by atoms with E-state index in [0.29, 0.717) is 6.54 Å². The van der Waals surface area contributed by atoms with Gasteiger partial charge in [-0.2, -0.15) is 0 Å². The Kier molecular flexibility index (Phi) is 4.75. The zero-order valence-corrected chi connectivity index (χ0v) is 13.8. The minimum atomic E-state index is -3.64. The van der Waals surface area contributed by atoms with Crippen molar-refractivity contribution in [2.45, 2.75) is 43.9 Å². The second-order valence-corrected chi connectivity index (χ2v) is 8.08. The number of hydrogen-bond donors (Lipinski definition) is 1. The van der Waals surface area contributed by atoms with Gasteiger partial charge in [0.15, 0.2) is 9.84 Å². The van der Waals surface area contributed by atoms with E-state index in [-0.39, 0.29) is 21.7 Å². The molecule has 1 aliphatic rings. The Bertz CT molecular complexity index is 664. The van der Waals surface area contributed by atoms with Gasteiger partial charge in [-0.05, 0) is 36.8 Å². The molecule has 6 nitrogen and oxygen atoms in total. The summed E-state index contributed by atoms with van der Waals surface area (Å²) >= 11 is 0. The van der Waals surface area contributed by atoms with Gasteiger partial charge in [0.25, 0.3) is 0 Å². The van der Waals surface area contributed by atoms with E-state index in [2.05, 4.69) is 12.2 Å². The quantitative estimate of drug-likeness (QED) is 0.639. The van der Waals surface area contributed by atoms with Crippen LogP contribution in [0.1, 0.15) is 39.0 Å². The molecule has 1 fully saturated rings. The van der Waals surface area contributed by atoms with Crippen LogP contribution in [0.2, 0.25) is 0 Å². The molecule has 7 heteroatoms. The van der Waals surface area contributed by atoms with Gasteiger partial charge in [-0.25, -0.2) is 8.42 Å². The SMILES string of the molecule is CCC1(CNc2cccc(S(C)(=O)=O)c2[N+](=O)[O-])CCCC1. The van der Waals surface area contributed by atoms with E-state index >= 15 is 0 Å². The first kappa shape index (κ1) is 16.7. The molecular weight excluding hydrogens is 304 g/mol. The van der Waals surface area contributed by atoms with Gasteiger partial charge < -0.3 is 5.32 Å². The van der Waals surface area contributed by atoms with Crippen molar-refractivity contribution >= 4 is 21.2 Å². The third kappa shape index (κ3) is 3.40. The fourth-order valence-electron chi connectivity index (χ4n) is 3.22. The van der Waals surface area contributed by atoms with Gasteiger partial charge in [0.05, 0.1) is 4.92 Å². The molecule has 122 valence electrons. The number of para-hydroxylation sites is 1. The molecule has 1 aromatic rings. The molecule has 1 N–H and O–H groups in total. The van der Waals surface area contributed by atoms with E-state index in [4.69, 9.17) is 0 Å². The fourth-order valence-corrected chi connectivity index (χ4v) is 4.08. The van der Waals surface area contributed by atoms with Gasteiger partial charge >= 0.3 is 5.69 Å². The Morgan fingerprint density at radius 3 is 2.45 bits per heavy atom. The highest BCUT2D eigenvalue weighted by Gasteiger charge is 2.33. The summed E-state index contributed by atoms with van der Waals surface area (Å²) in [6.45, 7) is 2.77. The summed E-state index contributed by atoms with van der Waals surface area (Å²) < 4.78 is 23.5. The number of rotatable bonds is 6. The van der Waals surface area contributed by atoms with Gasteiger partial charge in [-0.15, -0.1) is 0 Å². The molecular formula is C15H22N2O4S. The minimum Gasteiger partial charge on any atom is -0.379 e. The first-order chi connectivity index (χ1) is 10.3. The van der Waals surface area contributed by atoms with Crippen LogP contribution in [-0.4, -0.2) is 26.1 Å². The van der Waals surface area contributed by atoms with Crippen molar-refractivity contribution in [3.8, 4) is 0 Å². The maximum Gasteiger partial charge on any atom is 0.310 e. The van der Waals surface area contributed by atoms with Gasteiger partial charge in [0, 0.05) is 12.8 Å². The molecule has 1 saturated carbocycles. The summed E-state index contributed by atoms with van der Waals surface area (Å²) in [7, 11) is -3.64. The van der Waals surface area contributed by atoms with Gasteiger partial charge in [-0.1, -0.05) is 25.8 Å². The minimum absolute atomic E-state index is 0.162. The summed E-state index contributed by atoms with van der Waals surface area (Å²) in [5.41, 5.74) is 0.0940. The molecule has 0 amide bonds. The van der Waals surface area contributed by atoms with Crippen LogP contribution in [-0.2, 0) is 9.84 Å². The number of benzene rings is 1. The van der Waals surface area contributed by atoms with Crippen LogP contribution in [0.5, 0.6) is 0 Å². The third-order valence-electron chi connectivity index (χ3n) is 4.65. The molecule has 2 rings (SSSR count). The number of nitro groups is 1. The molecule has 0 aromatic heterocycles. The normalized spacial score (nSPS) is 17.4. The van der Waals surface area contributed by atoms with Crippen LogP contribution >= 0.6 is 0 Å². The van der Waals surface area contributed by atoms with E-state index in [1.54, 1.807) is 12.1 Å². The predicted molar refractivity (Wildman–Crippen MR) is 85.9 cm³/mol. The molecule has 22 heavy (non-hydrogen) atoms. The number of nitrogens with one attached hydrogen (secondary N) is 1. The van der Waals surface area contributed by atoms with Gasteiger partial charge in [0.2, 0.25) is 0 Å². The molecule has 1 aromatic carbocycles. The molecule has 0 radical (unpaired) electrons. The Labute approximate surface area is 131 Å². The standard InChI is InChI=1S/C15H22N2O4S/c1-3-15(9-4-5-10-15)11-16-12-7-6-8-13(22(2,20)21)14(12)17(18)19/h6-8,16H,3-5,9-11H2,1-2H3. The van der Waals surface area contributed by atoms with Crippen LogP contribution in [0.25, 0.3) is 0 Å². The molecule has 0 bridgehead atoms. The molecule has 1 aliphatic carbocycles. The van der Waals surface area contributed by atoms with Crippen LogP contribution in [0.15, 0.2) is 23.1 Å².